The van der Waals surface area contributed by atoms with Crippen molar-refractivity contribution >= 4 is 11.9 Å². The molecule has 6 heteroatoms. The maximum Gasteiger partial charge on any atom is 0.289 e. The third-order valence-corrected chi connectivity index (χ3v) is 4.13. The van der Waals surface area contributed by atoms with Gasteiger partial charge in [0.1, 0.15) is 17.4 Å². The molecule has 0 aliphatic carbocycles. The van der Waals surface area contributed by atoms with E-state index in [2.05, 4.69) is 23.8 Å². The van der Waals surface area contributed by atoms with Gasteiger partial charge in [0.05, 0.1) is 6.21 Å². The van der Waals surface area contributed by atoms with E-state index < -0.39 is 5.56 Å². The van der Waals surface area contributed by atoms with Crippen molar-refractivity contribution in [3.8, 4) is 11.8 Å². The number of phenolic OH excluding ortho intramolecular Hbond substituents is 1. The molecule has 0 saturated heterocycles. The molecule has 6 nitrogen and oxygen atoms in total. The molecule has 0 radical (unpaired) electrons. The fourth-order valence-electron chi connectivity index (χ4n) is 2.71. The maximum atomic E-state index is 12.3. The smallest absolute Gasteiger partial charge is 0.289 e. The van der Waals surface area contributed by atoms with Gasteiger partial charge >= 0.3 is 0 Å². The Labute approximate surface area is 147 Å². The molecule has 1 aromatic carbocycles. The minimum atomic E-state index is -0.462. The van der Waals surface area contributed by atoms with Crippen LogP contribution in [0.5, 0.6) is 5.75 Å². The van der Waals surface area contributed by atoms with Crippen LogP contribution in [0.15, 0.2) is 34.2 Å². The Hall–Kier alpha value is -3.07. The van der Waals surface area contributed by atoms with Gasteiger partial charge in [0.15, 0.2) is 0 Å². The summed E-state index contributed by atoms with van der Waals surface area (Å²) in [4.78, 5) is 14.4. The monoisotopic (exact) mass is 338 g/mol. The average Bonchev–Trinajstić information content (AvgIpc) is 2.57. The zero-order valence-corrected chi connectivity index (χ0v) is 14.9. The molecule has 0 spiro atoms. The second kappa shape index (κ2) is 7.67. The Balaban J connectivity index is 2.41. The number of hydrogen-bond acceptors (Lipinski definition) is 5. The second-order valence-electron chi connectivity index (χ2n) is 5.73. The highest BCUT2D eigenvalue weighted by atomic mass is 16.3. The minimum absolute atomic E-state index is 0.0730. The summed E-state index contributed by atoms with van der Waals surface area (Å²) in [5, 5.41) is 23.5. The molecule has 25 heavy (non-hydrogen) atoms. The molecule has 2 rings (SSSR count). The van der Waals surface area contributed by atoms with Crippen molar-refractivity contribution in [3.63, 3.8) is 0 Å². The number of phenols is 1. The van der Waals surface area contributed by atoms with Crippen LogP contribution in [0.4, 0.5) is 5.69 Å². The quantitative estimate of drug-likeness (QED) is 0.850. The van der Waals surface area contributed by atoms with E-state index in [1.807, 2.05) is 12.1 Å². The predicted octanol–water partition coefficient (Wildman–Crippen LogP) is 2.77. The SMILES string of the molecule is CCN(CC)c1ccc(/C=N\n2c(C)cc(C)c(C#N)c2=O)c(O)c1. The van der Waals surface area contributed by atoms with Gasteiger partial charge in [-0.1, -0.05) is 0 Å². The molecule has 0 amide bonds. The molecule has 1 heterocycles. The molecule has 0 atom stereocenters. The fraction of sp³-hybridized carbons (Fsp3) is 0.316. The van der Waals surface area contributed by atoms with Gasteiger partial charge in [0.25, 0.3) is 5.56 Å². The Bertz CT molecular complexity index is 903. The lowest BCUT2D eigenvalue weighted by Crippen LogP contribution is -2.22. The summed E-state index contributed by atoms with van der Waals surface area (Å²) in [6.07, 6.45) is 1.42. The predicted molar refractivity (Wildman–Crippen MR) is 99.6 cm³/mol. The van der Waals surface area contributed by atoms with Crippen molar-refractivity contribution in [3.05, 3.63) is 57.0 Å². The molecule has 2 aromatic rings. The summed E-state index contributed by atoms with van der Waals surface area (Å²) < 4.78 is 1.17. The van der Waals surface area contributed by atoms with Crippen molar-refractivity contribution < 1.29 is 5.11 Å². The van der Waals surface area contributed by atoms with E-state index in [1.54, 1.807) is 32.0 Å². The summed E-state index contributed by atoms with van der Waals surface area (Å²) in [7, 11) is 0. The first-order valence-electron chi connectivity index (χ1n) is 8.18. The third-order valence-electron chi connectivity index (χ3n) is 4.13. The van der Waals surface area contributed by atoms with Crippen LogP contribution in [0.3, 0.4) is 0 Å². The first-order chi connectivity index (χ1) is 11.9. The molecule has 0 bridgehead atoms. The molecule has 130 valence electrons. The Morgan fingerprint density at radius 1 is 1.28 bits per heavy atom. The lowest BCUT2D eigenvalue weighted by molar-refractivity contribution is 0.474. The van der Waals surface area contributed by atoms with Crippen LogP contribution in [0.1, 0.15) is 36.2 Å². The van der Waals surface area contributed by atoms with E-state index >= 15 is 0 Å². The molecule has 1 aromatic heterocycles. The summed E-state index contributed by atoms with van der Waals surface area (Å²) >= 11 is 0. The number of aromatic hydroxyl groups is 1. The summed E-state index contributed by atoms with van der Waals surface area (Å²) in [5.41, 5.74) is 2.29. The van der Waals surface area contributed by atoms with E-state index in [0.717, 1.165) is 18.8 Å². The van der Waals surface area contributed by atoms with Crippen molar-refractivity contribution in [2.24, 2.45) is 5.10 Å². The number of hydrogen-bond donors (Lipinski definition) is 1. The summed E-state index contributed by atoms with van der Waals surface area (Å²) in [5.74, 6) is 0.0893. The number of aromatic nitrogens is 1. The number of pyridine rings is 1. The van der Waals surface area contributed by atoms with Crippen LogP contribution in [-0.2, 0) is 0 Å². The zero-order chi connectivity index (χ0) is 18.6. The number of nitrogens with zero attached hydrogens (tertiary/aromatic N) is 4. The molecule has 0 saturated carbocycles. The van der Waals surface area contributed by atoms with Gasteiger partial charge in [-0.05, 0) is 51.5 Å². The van der Waals surface area contributed by atoms with Gasteiger partial charge in [-0.15, -0.1) is 0 Å². The molecule has 0 fully saturated rings. The number of nitriles is 1. The van der Waals surface area contributed by atoms with E-state index in [4.69, 9.17) is 5.26 Å². The first-order valence-corrected chi connectivity index (χ1v) is 8.18. The Kier molecular flexibility index (Phi) is 5.60. The maximum absolute atomic E-state index is 12.3. The fourth-order valence-corrected chi connectivity index (χ4v) is 2.71. The Morgan fingerprint density at radius 3 is 2.52 bits per heavy atom. The second-order valence-corrected chi connectivity index (χ2v) is 5.73. The highest BCUT2D eigenvalue weighted by Crippen LogP contribution is 2.23. The number of aryl methyl sites for hydroxylation is 2. The highest BCUT2D eigenvalue weighted by molar-refractivity contribution is 5.84. The van der Waals surface area contributed by atoms with Crippen LogP contribution < -0.4 is 10.5 Å². The van der Waals surface area contributed by atoms with Crippen LogP contribution in [0.25, 0.3) is 0 Å². The largest absolute Gasteiger partial charge is 0.507 e. The van der Waals surface area contributed by atoms with Crippen LogP contribution in [0, 0.1) is 25.2 Å². The molecule has 0 unspecified atom stereocenters. The van der Waals surface area contributed by atoms with E-state index in [9.17, 15) is 9.90 Å². The minimum Gasteiger partial charge on any atom is -0.507 e. The molecular weight excluding hydrogens is 316 g/mol. The standard InChI is InChI=1S/C19H22N4O2/c1-5-22(6-2)16-8-7-15(18(24)10-16)12-21-23-14(4)9-13(3)17(11-20)19(23)25/h7-10,12,24H,5-6H2,1-4H3/b21-12-. The number of anilines is 1. The molecule has 0 aliphatic heterocycles. The van der Waals surface area contributed by atoms with Gasteiger partial charge in [-0.2, -0.15) is 10.4 Å². The molecular formula is C19H22N4O2. The van der Waals surface area contributed by atoms with Crippen molar-refractivity contribution in [1.82, 2.24) is 4.68 Å². The third kappa shape index (κ3) is 3.72. The summed E-state index contributed by atoms with van der Waals surface area (Å²) in [6.45, 7) is 9.26. The number of rotatable bonds is 5. The van der Waals surface area contributed by atoms with Gasteiger partial charge in [-0.3, -0.25) is 4.79 Å². The average molecular weight is 338 g/mol. The number of benzene rings is 1. The van der Waals surface area contributed by atoms with Gasteiger partial charge < -0.3 is 10.0 Å². The molecule has 0 aliphatic rings. The summed E-state index contributed by atoms with van der Waals surface area (Å²) in [6, 6.07) is 8.99. The van der Waals surface area contributed by atoms with Crippen molar-refractivity contribution in [2.75, 3.05) is 18.0 Å². The van der Waals surface area contributed by atoms with Gasteiger partial charge in [0, 0.05) is 36.1 Å². The Morgan fingerprint density at radius 2 is 1.96 bits per heavy atom. The van der Waals surface area contributed by atoms with Gasteiger partial charge in [-0.25, -0.2) is 4.68 Å². The first kappa shape index (κ1) is 18.3. The van der Waals surface area contributed by atoms with Gasteiger partial charge in [0.2, 0.25) is 0 Å². The van der Waals surface area contributed by atoms with Crippen LogP contribution in [-0.4, -0.2) is 29.1 Å². The van der Waals surface area contributed by atoms with Crippen molar-refractivity contribution in [1.29, 1.82) is 5.26 Å². The van der Waals surface area contributed by atoms with Crippen LogP contribution >= 0.6 is 0 Å². The van der Waals surface area contributed by atoms with E-state index in [1.165, 1.54) is 10.9 Å². The zero-order valence-electron chi connectivity index (χ0n) is 14.9. The van der Waals surface area contributed by atoms with Crippen molar-refractivity contribution in [2.45, 2.75) is 27.7 Å². The lowest BCUT2D eigenvalue weighted by atomic mass is 10.1. The van der Waals surface area contributed by atoms with E-state index in [-0.39, 0.29) is 11.3 Å². The lowest BCUT2D eigenvalue weighted by Gasteiger charge is -2.21. The van der Waals surface area contributed by atoms with Crippen LogP contribution in [0.2, 0.25) is 0 Å². The normalized spacial score (nSPS) is 10.8. The van der Waals surface area contributed by atoms with E-state index in [0.29, 0.717) is 16.8 Å². The molecule has 1 N–H and O–H groups in total. The topological polar surface area (TPSA) is 81.6 Å². The highest BCUT2D eigenvalue weighted by Gasteiger charge is 2.10.